The smallest absolute Gasteiger partial charge is 0.255 e. The number of ether oxygens (including phenoxy) is 4. The van der Waals surface area contributed by atoms with E-state index in [1.165, 1.54) is 0 Å². The molecule has 0 heterocycles. The lowest BCUT2D eigenvalue weighted by Gasteiger charge is -2.14. The number of hydrogen-bond acceptors (Lipinski definition) is 5. The lowest BCUT2D eigenvalue weighted by Crippen LogP contribution is -2.13. The highest BCUT2D eigenvalue weighted by Crippen LogP contribution is 2.37. The average Bonchev–Trinajstić information content (AvgIpc) is 2.61. The third-order valence-electron chi connectivity index (χ3n) is 3.38. The van der Waals surface area contributed by atoms with E-state index in [0.29, 0.717) is 45.3 Å². The van der Waals surface area contributed by atoms with E-state index in [1.807, 2.05) is 6.92 Å². The van der Waals surface area contributed by atoms with E-state index < -0.39 is 0 Å². The molecule has 0 bridgehead atoms. The molecule has 134 valence electrons. The molecule has 0 radical (unpaired) electrons. The second-order valence-electron chi connectivity index (χ2n) is 4.98. The molecule has 6 nitrogen and oxygen atoms in total. The largest absolute Gasteiger partial charge is 0.497 e. The minimum absolute atomic E-state index is 0.292. The van der Waals surface area contributed by atoms with Crippen molar-refractivity contribution in [3.8, 4) is 23.0 Å². The van der Waals surface area contributed by atoms with E-state index in [0.717, 1.165) is 0 Å². The van der Waals surface area contributed by atoms with Gasteiger partial charge in [0.15, 0.2) is 11.5 Å². The van der Waals surface area contributed by atoms with Crippen LogP contribution in [0.1, 0.15) is 17.3 Å². The first-order valence-electron chi connectivity index (χ1n) is 7.57. The van der Waals surface area contributed by atoms with Gasteiger partial charge in [-0.05, 0) is 35.0 Å². The van der Waals surface area contributed by atoms with Gasteiger partial charge in [0, 0.05) is 29.4 Å². The molecule has 1 N–H and O–H groups in total. The SMILES string of the molecule is CCOc1cc(C(=O)Nc2cc(OC)cc(OC)c2)cc(Br)c1OC. The Bertz CT molecular complexity index is 741. The van der Waals surface area contributed by atoms with Gasteiger partial charge in [-0.25, -0.2) is 0 Å². The molecule has 0 aliphatic heterocycles. The van der Waals surface area contributed by atoms with Gasteiger partial charge in [-0.1, -0.05) is 0 Å². The highest BCUT2D eigenvalue weighted by Gasteiger charge is 2.16. The minimum atomic E-state index is -0.292. The molecule has 0 aliphatic rings. The van der Waals surface area contributed by atoms with Gasteiger partial charge in [0.25, 0.3) is 5.91 Å². The van der Waals surface area contributed by atoms with Crippen molar-refractivity contribution in [1.29, 1.82) is 0 Å². The number of benzene rings is 2. The fourth-order valence-electron chi connectivity index (χ4n) is 2.24. The van der Waals surface area contributed by atoms with Crippen LogP contribution in [-0.2, 0) is 0 Å². The first kappa shape index (κ1) is 18.9. The summed E-state index contributed by atoms with van der Waals surface area (Å²) in [6.45, 7) is 2.32. The Morgan fingerprint density at radius 1 is 1.00 bits per heavy atom. The van der Waals surface area contributed by atoms with E-state index in [9.17, 15) is 4.79 Å². The van der Waals surface area contributed by atoms with Gasteiger partial charge in [0.2, 0.25) is 0 Å². The molecule has 0 spiro atoms. The van der Waals surface area contributed by atoms with Crippen molar-refractivity contribution in [1.82, 2.24) is 0 Å². The fraction of sp³-hybridized carbons (Fsp3) is 0.278. The van der Waals surface area contributed by atoms with Crippen LogP contribution >= 0.6 is 15.9 Å². The summed E-state index contributed by atoms with van der Waals surface area (Å²) in [5.41, 5.74) is 0.990. The minimum Gasteiger partial charge on any atom is -0.497 e. The normalized spacial score (nSPS) is 10.1. The molecule has 2 rings (SSSR count). The van der Waals surface area contributed by atoms with Crippen molar-refractivity contribution < 1.29 is 23.7 Å². The molecule has 0 fully saturated rings. The van der Waals surface area contributed by atoms with E-state index in [2.05, 4.69) is 21.2 Å². The zero-order valence-corrected chi connectivity index (χ0v) is 16.1. The highest BCUT2D eigenvalue weighted by atomic mass is 79.9. The highest BCUT2D eigenvalue weighted by molar-refractivity contribution is 9.10. The number of carbonyl (C=O) groups is 1. The van der Waals surface area contributed by atoms with Gasteiger partial charge >= 0.3 is 0 Å². The number of methoxy groups -OCH3 is 3. The van der Waals surface area contributed by atoms with Crippen molar-refractivity contribution in [3.63, 3.8) is 0 Å². The van der Waals surface area contributed by atoms with Crippen molar-refractivity contribution in [2.24, 2.45) is 0 Å². The van der Waals surface area contributed by atoms with E-state index >= 15 is 0 Å². The number of rotatable bonds is 7. The average molecular weight is 410 g/mol. The summed E-state index contributed by atoms with van der Waals surface area (Å²) in [6.07, 6.45) is 0. The second kappa shape index (κ2) is 8.62. The molecule has 0 atom stereocenters. The Morgan fingerprint density at radius 3 is 2.16 bits per heavy atom. The zero-order valence-electron chi connectivity index (χ0n) is 14.5. The third-order valence-corrected chi connectivity index (χ3v) is 3.97. The Hall–Kier alpha value is -2.41. The van der Waals surface area contributed by atoms with E-state index in [4.69, 9.17) is 18.9 Å². The number of nitrogens with one attached hydrogen (secondary N) is 1. The first-order chi connectivity index (χ1) is 12.0. The molecule has 2 aromatic carbocycles. The van der Waals surface area contributed by atoms with Crippen molar-refractivity contribution in [2.75, 3.05) is 33.3 Å². The lowest BCUT2D eigenvalue weighted by atomic mass is 10.1. The Balaban J connectivity index is 2.32. The van der Waals surface area contributed by atoms with Crippen LogP contribution in [0.25, 0.3) is 0 Å². The Morgan fingerprint density at radius 2 is 1.64 bits per heavy atom. The van der Waals surface area contributed by atoms with Crippen LogP contribution in [0.4, 0.5) is 5.69 Å². The van der Waals surface area contributed by atoms with Crippen LogP contribution in [0.2, 0.25) is 0 Å². The second-order valence-corrected chi connectivity index (χ2v) is 5.83. The molecule has 7 heteroatoms. The van der Waals surface area contributed by atoms with Crippen molar-refractivity contribution in [2.45, 2.75) is 6.92 Å². The number of amides is 1. The van der Waals surface area contributed by atoms with Crippen LogP contribution in [0, 0.1) is 0 Å². The topological polar surface area (TPSA) is 66.0 Å². The zero-order chi connectivity index (χ0) is 18.4. The number of hydrogen-bond donors (Lipinski definition) is 1. The molecule has 2 aromatic rings. The van der Waals surface area contributed by atoms with Gasteiger partial charge in [-0.15, -0.1) is 0 Å². The summed E-state index contributed by atoms with van der Waals surface area (Å²) >= 11 is 3.40. The lowest BCUT2D eigenvalue weighted by molar-refractivity contribution is 0.102. The number of halogens is 1. The summed E-state index contributed by atoms with van der Waals surface area (Å²) in [6, 6.07) is 8.46. The molecule has 0 aliphatic carbocycles. The van der Waals surface area contributed by atoms with Crippen LogP contribution < -0.4 is 24.3 Å². The number of carbonyl (C=O) groups excluding carboxylic acids is 1. The summed E-state index contributed by atoms with van der Waals surface area (Å²) in [4.78, 5) is 12.6. The van der Waals surface area contributed by atoms with Crippen LogP contribution in [0.15, 0.2) is 34.8 Å². The maximum absolute atomic E-state index is 12.6. The molecular weight excluding hydrogens is 390 g/mol. The van der Waals surface area contributed by atoms with E-state index in [-0.39, 0.29) is 5.91 Å². The summed E-state index contributed by atoms with van der Waals surface area (Å²) in [7, 11) is 4.65. The maximum atomic E-state index is 12.6. The fourth-order valence-corrected chi connectivity index (χ4v) is 2.85. The van der Waals surface area contributed by atoms with Crippen molar-refractivity contribution in [3.05, 3.63) is 40.4 Å². The first-order valence-corrected chi connectivity index (χ1v) is 8.36. The third kappa shape index (κ3) is 4.57. The van der Waals surface area contributed by atoms with Gasteiger partial charge < -0.3 is 24.3 Å². The summed E-state index contributed by atoms with van der Waals surface area (Å²) in [5, 5.41) is 2.83. The summed E-state index contributed by atoms with van der Waals surface area (Å²) in [5.74, 6) is 1.91. The Kier molecular flexibility index (Phi) is 6.52. The van der Waals surface area contributed by atoms with Gasteiger partial charge in [-0.3, -0.25) is 4.79 Å². The van der Waals surface area contributed by atoms with Crippen LogP contribution in [0.3, 0.4) is 0 Å². The van der Waals surface area contributed by atoms with Crippen LogP contribution in [0.5, 0.6) is 23.0 Å². The van der Waals surface area contributed by atoms with Gasteiger partial charge in [0.1, 0.15) is 11.5 Å². The molecule has 25 heavy (non-hydrogen) atoms. The molecule has 0 aromatic heterocycles. The predicted octanol–water partition coefficient (Wildman–Crippen LogP) is 4.13. The van der Waals surface area contributed by atoms with E-state index in [1.54, 1.807) is 51.7 Å². The number of anilines is 1. The molecule has 0 saturated heterocycles. The quantitative estimate of drug-likeness (QED) is 0.744. The molecule has 0 unspecified atom stereocenters. The van der Waals surface area contributed by atoms with Gasteiger partial charge in [-0.2, -0.15) is 0 Å². The Labute approximate surface area is 155 Å². The molecule has 1 amide bonds. The maximum Gasteiger partial charge on any atom is 0.255 e. The molecular formula is C18H20BrNO5. The van der Waals surface area contributed by atoms with Crippen LogP contribution in [-0.4, -0.2) is 33.8 Å². The van der Waals surface area contributed by atoms with Gasteiger partial charge in [0.05, 0.1) is 32.4 Å². The predicted molar refractivity (Wildman–Crippen MR) is 99.4 cm³/mol. The summed E-state index contributed by atoms with van der Waals surface area (Å²) < 4.78 is 21.9. The van der Waals surface area contributed by atoms with Crippen molar-refractivity contribution >= 4 is 27.5 Å². The monoisotopic (exact) mass is 409 g/mol. The standard InChI is InChI=1S/C18H20BrNO5/c1-5-25-16-7-11(6-15(19)17(16)24-4)18(21)20-12-8-13(22-2)10-14(9-12)23-3/h6-10H,5H2,1-4H3,(H,20,21). The molecule has 0 saturated carbocycles.